The molecule has 0 saturated heterocycles. The number of carboxylic acids is 1. The van der Waals surface area contributed by atoms with E-state index in [9.17, 15) is 4.79 Å². The highest BCUT2D eigenvalue weighted by Gasteiger charge is 2.07. The summed E-state index contributed by atoms with van der Waals surface area (Å²) in [6.07, 6.45) is 0. The fourth-order valence-corrected chi connectivity index (χ4v) is 0.987. The average molecular weight is 193 g/mol. The summed E-state index contributed by atoms with van der Waals surface area (Å²) >= 11 is 0. The maximum atomic E-state index is 10.6. The first-order valence-electron chi connectivity index (χ1n) is 3.93. The molecule has 0 aliphatic heterocycles. The van der Waals surface area contributed by atoms with Gasteiger partial charge in [-0.05, 0) is 18.2 Å². The van der Waals surface area contributed by atoms with Crippen molar-refractivity contribution in [3.8, 4) is 0 Å². The van der Waals surface area contributed by atoms with Gasteiger partial charge in [0.05, 0.1) is 5.56 Å². The summed E-state index contributed by atoms with van der Waals surface area (Å²) < 4.78 is 0. The van der Waals surface area contributed by atoms with Crippen LogP contribution in [-0.4, -0.2) is 24.1 Å². The number of nitrogens with one attached hydrogen (secondary N) is 1. The molecule has 0 amide bonds. The molecule has 1 aromatic carbocycles. The van der Waals surface area contributed by atoms with Gasteiger partial charge in [-0.2, -0.15) is 0 Å². The number of hydrogen-bond acceptors (Lipinski definition) is 2. The fraction of sp³-hybridized carbons (Fsp3) is 0.111. The Morgan fingerprint density at radius 1 is 1.57 bits per heavy atom. The molecule has 0 unspecified atom stereocenters. The molecule has 5 nitrogen and oxygen atoms in total. The predicted octanol–water partition coefficient (Wildman–Crippen LogP) is 0.714. The van der Waals surface area contributed by atoms with Crippen LogP contribution in [0.15, 0.2) is 24.3 Å². The van der Waals surface area contributed by atoms with E-state index in [1.807, 2.05) is 0 Å². The Hall–Kier alpha value is -2.04. The van der Waals surface area contributed by atoms with Crippen LogP contribution in [0.1, 0.15) is 10.4 Å². The highest BCUT2D eigenvalue weighted by molar-refractivity contribution is 5.94. The monoisotopic (exact) mass is 193 g/mol. The smallest absolute Gasteiger partial charge is 0.335 e. The lowest BCUT2D eigenvalue weighted by Gasteiger charge is -2.16. The molecule has 1 aromatic rings. The lowest BCUT2D eigenvalue weighted by molar-refractivity contribution is 0.0697. The Labute approximate surface area is 81.3 Å². The van der Waals surface area contributed by atoms with Crippen molar-refractivity contribution in [1.82, 2.24) is 0 Å². The number of benzene rings is 1. The molecule has 1 rings (SSSR count). The normalized spacial score (nSPS) is 9.50. The SMILES string of the molecule is CN(C(=N)N)c1cccc(C(=O)O)c1. The van der Waals surface area contributed by atoms with E-state index in [1.165, 1.54) is 17.0 Å². The molecule has 0 radical (unpaired) electrons. The molecule has 0 fully saturated rings. The third-order valence-electron chi connectivity index (χ3n) is 1.84. The summed E-state index contributed by atoms with van der Waals surface area (Å²) in [4.78, 5) is 12.0. The van der Waals surface area contributed by atoms with Crippen LogP contribution in [0.5, 0.6) is 0 Å². The van der Waals surface area contributed by atoms with Gasteiger partial charge in [-0.25, -0.2) is 4.79 Å². The minimum Gasteiger partial charge on any atom is -0.478 e. The van der Waals surface area contributed by atoms with E-state index in [4.69, 9.17) is 16.2 Å². The molecule has 5 heteroatoms. The molecule has 0 atom stereocenters. The first-order valence-corrected chi connectivity index (χ1v) is 3.93. The van der Waals surface area contributed by atoms with Crippen molar-refractivity contribution in [3.05, 3.63) is 29.8 Å². The molecule has 0 bridgehead atoms. The van der Waals surface area contributed by atoms with Crippen LogP contribution >= 0.6 is 0 Å². The van der Waals surface area contributed by atoms with E-state index < -0.39 is 5.97 Å². The molecular weight excluding hydrogens is 182 g/mol. The number of anilines is 1. The zero-order valence-electron chi connectivity index (χ0n) is 7.69. The first kappa shape index (κ1) is 10.0. The Kier molecular flexibility index (Phi) is 2.71. The van der Waals surface area contributed by atoms with Gasteiger partial charge in [-0.1, -0.05) is 6.07 Å². The second-order valence-corrected chi connectivity index (χ2v) is 2.80. The van der Waals surface area contributed by atoms with Crippen molar-refractivity contribution in [1.29, 1.82) is 5.41 Å². The summed E-state index contributed by atoms with van der Waals surface area (Å²) in [7, 11) is 1.60. The largest absolute Gasteiger partial charge is 0.478 e. The maximum absolute atomic E-state index is 10.6. The molecule has 0 aliphatic carbocycles. The Morgan fingerprint density at radius 2 is 2.21 bits per heavy atom. The van der Waals surface area contributed by atoms with Gasteiger partial charge in [0, 0.05) is 12.7 Å². The van der Waals surface area contributed by atoms with Crippen LogP contribution in [0.2, 0.25) is 0 Å². The molecule has 0 saturated carbocycles. The average Bonchev–Trinajstić information content (AvgIpc) is 2.16. The molecular formula is C9H11N3O2. The quantitative estimate of drug-likeness (QED) is 0.476. The van der Waals surface area contributed by atoms with Crippen molar-refractivity contribution in [2.45, 2.75) is 0 Å². The van der Waals surface area contributed by atoms with Crippen molar-refractivity contribution in [2.24, 2.45) is 5.73 Å². The van der Waals surface area contributed by atoms with E-state index >= 15 is 0 Å². The number of guanidine groups is 1. The number of hydrogen-bond donors (Lipinski definition) is 3. The van der Waals surface area contributed by atoms with Gasteiger partial charge in [0.25, 0.3) is 0 Å². The molecule has 14 heavy (non-hydrogen) atoms. The second kappa shape index (κ2) is 3.78. The van der Waals surface area contributed by atoms with E-state index in [0.717, 1.165) is 0 Å². The summed E-state index contributed by atoms with van der Waals surface area (Å²) in [5.74, 6) is -1.13. The van der Waals surface area contributed by atoms with Gasteiger partial charge in [0.1, 0.15) is 0 Å². The van der Waals surface area contributed by atoms with Crippen LogP contribution in [-0.2, 0) is 0 Å². The summed E-state index contributed by atoms with van der Waals surface area (Å²) in [5.41, 5.74) is 6.01. The van der Waals surface area contributed by atoms with Crippen LogP contribution in [0.3, 0.4) is 0 Å². The summed E-state index contributed by atoms with van der Waals surface area (Å²) in [6, 6.07) is 6.25. The molecule has 0 heterocycles. The molecule has 0 aliphatic rings. The highest BCUT2D eigenvalue weighted by atomic mass is 16.4. The molecule has 0 spiro atoms. The Balaban J connectivity index is 3.05. The number of carboxylic acid groups (broad SMARTS) is 1. The summed E-state index contributed by atoms with van der Waals surface area (Å²) in [5, 5.41) is 15.9. The van der Waals surface area contributed by atoms with Crippen LogP contribution < -0.4 is 10.6 Å². The number of aromatic carboxylic acids is 1. The van der Waals surface area contributed by atoms with E-state index in [-0.39, 0.29) is 11.5 Å². The maximum Gasteiger partial charge on any atom is 0.335 e. The highest BCUT2D eigenvalue weighted by Crippen LogP contribution is 2.14. The number of nitrogens with two attached hydrogens (primary N) is 1. The Bertz CT molecular complexity index is 376. The lowest BCUT2D eigenvalue weighted by atomic mass is 10.2. The van der Waals surface area contributed by atoms with Gasteiger partial charge in [-0.3, -0.25) is 5.41 Å². The topological polar surface area (TPSA) is 90.4 Å². The predicted molar refractivity (Wildman–Crippen MR) is 53.7 cm³/mol. The van der Waals surface area contributed by atoms with E-state index in [0.29, 0.717) is 5.69 Å². The zero-order valence-corrected chi connectivity index (χ0v) is 7.69. The molecule has 0 aromatic heterocycles. The van der Waals surface area contributed by atoms with E-state index in [1.54, 1.807) is 19.2 Å². The third kappa shape index (κ3) is 2.01. The van der Waals surface area contributed by atoms with Gasteiger partial charge in [0.15, 0.2) is 5.96 Å². The minimum absolute atomic E-state index is 0.132. The van der Waals surface area contributed by atoms with Crippen LogP contribution in [0.4, 0.5) is 5.69 Å². The fourth-order valence-electron chi connectivity index (χ4n) is 0.987. The first-order chi connectivity index (χ1) is 6.52. The zero-order chi connectivity index (χ0) is 10.7. The third-order valence-corrected chi connectivity index (χ3v) is 1.84. The lowest BCUT2D eigenvalue weighted by Crippen LogP contribution is -2.32. The molecule has 4 N–H and O–H groups in total. The Morgan fingerprint density at radius 3 is 2.71 bits per heavy atom. The standard InChI is InChI=1S/C9H11N3O2/c1-12(9(10)11)7-4-2-3-6(5-7)8(13)14/h2-5H,1H3,(H3,10,11)(H,13,14). The number of rotatable bonds is 2. The van der Waals surface area contributed by atoms with Crippen LogP contribution in [0, 0.1) is 5.41 Å². The van der Waals surface area contributed by atoms with Crippen molar-refractivity contribution in [3.63, 3.8) is 0 Å². The van der Waals surface area contributed by atoms with Crippen molar-refractivity contribution >= 4 is 17.6 Å². The number of carbonyl (C=O) groups is 1. The molecule has 74 valence electrons. The van der Waals surface area contributed by atoms with Crippen molar-refractivity contribution < 1.29 is 9.90 Å². The van der Waals surface area contributed by atoms with E-state index in [2.05, 4.69) is 0 Å². The van der Waals surface area contributed by atoms with Gasteiger partial charge in [-0.15, -0.1) is 0 Å². The summed E-state index contributed by atoms with van der Waals surface area (Å²) in [6.45, 7) is 0. The van der Waals surface area contributed by atoms with Gasteiger partial charge < -0.3 is 15.7 Å². The van der Waals surface area contributed by atoms with Crippen LogP contribution in [0.25, 0.3) is 0 Å². The van der Waals surface area contributed by atoms with Crippen molar-refractivity contribution in [2.75, 3.05) is 11.9 Å². The second-order valence-electron chi connectivity index (χ2n) is 2.80. The van der Waals surface area contributed by atoms with Gasteiger partial charge in [0.2, 0.25) is 0 Å². The van der Waals surface area contributed by atoms with Gasteiger partial charge >= 0.3 is 5.97 Å². The number of nitrogens with zero attached hydrogens (tertiary/aromatic N) is 1. The minimum atomic E-state index is -0.996.